The maximum atomic E-state index is 13.6. The van der Waals surface area contributed by atoms with E-state index in [0.717, 1.165) is 6.07 Å². The van der Waals surface area contributed by atoms with Crippen LogP contribution in [0.15, 0.2) is 39.7 Å². The van der Waals surface area contributed by atoms with E-state index in [0.29, 0.717) is 17.1 Å². The topological polar surface area (TPSA) is 189 Å². The Kier molecular flexibility index (Phi) is 8.59. The zero-order chi connectivity index (χ0) is 29.4. The molecule has 12 heteroatoms. The van der Waals surface area contributed by atoms with Crippen molar-refractivity contribution in [1.82, 2.24) is 0 Å². The lowest BCUT2D eigenvalue weighted by atomic mass is 9.95. The Morgan fingerprint density at radius 1 is 0.975 bits per heavy atom. The quantitative estimate of drug-likeness (QED) is 0.218. The predicted octanol–water partition coefficient (Wildman–Crippen LogP) is 1.06. The minimum Gasteiger partial charge on any atom is -0.507 e. The van der Waals surface area contributed by atoms with Crippen LogP contribution in [0.4, 0.5) is 0 Å². The zero-order valence-electron chi connectivity index (χ0n) is 22.5. The van der Waals surface area contributed by atoms with Gasteiger partial charge in [-0.25, -0.2) is 0 Å². The van der Waals surface area contributed by atoms with E-state index < -0.39 is 54.1 Å². The number of ether oxygens (including phenoxy) is 4. The number of methoxy groups -OCH3 is 2. The van der Waals surface area contributed by atoms with E-state index in [-0.39, 0.29) is 40.7 Å². The number of rotatable bonds is 9. The molecule has 0 spiro atoms. The van der Waals surface area contributed by atoms with E-state index in [2.05, 4.69) is 0 Å². The van der Waals surface area contributed by atoms with Crippen molar-refractivity contribution in [2.45, 2.75) is 63.0 Å². The number of aryl methyl sites for hydroxylation is 1. The summed E-state index contributed by atoms with van der Waals surface area (Å²) in [6.07, 6.45) is -6.22. The summed E-state index contributed by atoms with van der Waals surface area (Å²) in [6.45, 7) is 2.53. The number of aliphatic hydroxyl groups is 5. The molecule has 6 N–H and O–H groups in total. The fourth-order valence-corrected chi connectivity index (χ4v) is 4.58. The van der Waals surface area contributed by atoms with Gasteiger partial charge in [-0.05, 0) is 44.4 Å². The second-order valence-corrected chi connectivity index (χ2v) is 10.3. The fourth-order valence-electron chi connectivity index (χ4n) is 4.58. The third-order valence-corrected chi connectivity index (χ3v) is 6.86. The highest BCUT2D eigenvalue weighted by atomic mass is 16.7. The fraction of sp³-hybridized carbons (Fsp3) is 0.464. The number of phenolic OH excluding ortho intramolecular Hbond substituents is 1. The molecule has 0 saturated carbocycles. The highest BCUT2D eigenvalue weighted by molar-refractivity contribution is 5.91. The van der Waals surface area contributed by atoms with Gasteiger partial charge >= 0.3 is 0 Å². The van der Waals surface area contributed by atoms with Crippen molar-refractivity contribution in [3.63, 3.8) is 0 Å². The molecule has 5 unspecified atom stereocenters. The molecule has 1 aromatic heterocycles. The van der Waals surface area contributed by atoms with Crippen LogP contribution in [0.1, 0.15) is 25.8 Å². The second-order valence-electron chi connectivity index (χ2n) is 10.3. The highest BCUT2D eigenvalue weighted by Gasteiger charge is 2.45. The molecule has 0 amide bonds. The summed E-state index contributed by atoms with van der Waals surface area (Å²) in [6, 6.07) is 6.02. The van der Waals surface area contributed by atoms with E-state index in [1.165, 1.54) is 20.5 Å². The largest absolute Gasteiger partial charge is 0.507 e. The molecule has 5 atom stereocenters. The third-order valence-electron chi connectivity index (χ3n) is 6.86. The maximum absolute atomic E-state index is 13.6. The third kappa shape index (κ3) is 5.73. The van der Waals surface area contributed by atoms with E-state index in [9.17, 15) is 35.4 Å². The van der Waals surface area contributed by atoms with Gasteiger partial charge in [-0.2, -0.15) is 0 Å². The Morgan fingerprint density at radius 3 is 2.30 bits per heavy atom. The van der Waals surface area contributed by atoms with E-state index in [1.807, 2.05) is 0 Å². The predicted molar refractivity (Wildman–Crippen MR) is 142 cm³/mol. The summed E-state index contributed by atoms with van der Waals surface area (Å²) >= 11 is 0. The van der Waals surface area contributed by atoms with Crippen LogP contribution in [0, 0.1) is 0 Å². The Balaban J connectivity index is 1.84. The molecule has 1 aliphatic heterocycles. The van der Waals surface area contributed by atoms with Crippen molar-refractivity contribution in [2.24, 2.45) is 0 Å². The summed E-state index contributed by atoms with van der Waals surface area (Å²) in [7, 11) is 2.95. The van der Waals surface area contributed by atoms with Gasteiger partial charge in [0.1, 0.15) is 53.1 Å². The average Bonchev–Trinajstić information content (AvgIpc) is 2.92. The first-order valence-corrected chi connectivity index (χ1v) is 12.6. The lowest BCUT2D eigenvalue weighted by Crippen LogP contribution is -2.60. The molecule has 1 fully saturated rings. The van der Waals surface area contributed by atoms with Gasteiger partial charge in [-0.1, -0.05) is 6.07 Å². The SMILES string of the molecule is COc1ccc(-c2coc3c(CCC(C)(C)O)c(OC4OC(CO)C(O)C(O)C4O)cc(O)c3c2=O)cc1OC. The van der Waals surface area contributed by atoms with Crippen LogP contribution in [0.3, 0.4) is 0 Å². The number of aliphatic hydroxyl groups excluding tert-OH is 4. The highest BCUT2D eigenvalue weighted by Crippen LogP contribution is 2.39. The van der Waals surface area contributed by atoms with Gasteiger partial charge in [0, 0.05) is 11.6 Å². The molecule has 1 aliphatic rings. The number of phenols is 1. The minimum atomic E-state index is -1.71. The first kappa shape index (κ1) is 29.6. The van der Waals surface area contributed by atoms with Gasteiger partial charge in [0.05, 0.1) is 32.0 Å². The van der Waals surface area contributed by atoms with Crippen LogP contribution >= 0.6 is 0 Å². The number of fused-ring (bicyclic) bond motifs is 1. The summed E-state index contributed by atoms with van der Waals surface area (Å²) < 4.78 is 27.8. The zero-order valence-corrected chi connectivity index (χ0v) is 22.5. The van der Waals surface area contributed by atoms with Crippen LogP contribution in [0.2, 0.25) is 0 Å². The summed E-state index contributed by atoms with van der Waals surface area (Å²) in [5, 5.41) is 61.4. The minimum absolute atomic E-state index is 0.0157. The molecule has 0 bridgehead atoms. The van der Waals surface area contributed by atoms with Crippen LogP contribution in [-0.2, 0) is 11.2 Å². The van der Waals surface area contributed by atoms with Crippen molar-refractivity contribution in [1.29, 1.82) is 0 Å². The van der Waals surface area contributed by atoms with Crippen LogP contribution in [0.5, 0.6) is 23.0 Å². The van der Waals surface area contributed by atoms with Crippen molar-refractivity contribution < 1.29 is 54.0 Å². The molecule has 3 aromatic rings. The first-order chi connectivity index (χ1) is 18.9. The number of hydrogen-bond donors (Lipinski definition) is 6. The number of hydrogen-bond acceptors (Lipinski definition) is 12. The Morgan fingerprint density at radius 2 is 1.68 bits per heavy atom. The van der Waals surface area contributed by atoms with Gasteiger partial charge < -0.3 is 54.0 Å². The van der Waals surface area contributed by atoms with Gasteiger partial charge in [-0.15, -0.1) is 0 Å². The van der Waals surface area contributed by atoms with Gasteiger partial charge in [-0.3, -0.25) is 4.79 Å². The van der Waals surface area contributed by atoms with Crippen LogP contribution < -0.4 is 19.6 Å². The molecule has 12 nitrogen and oxygen atoms in total. The first-order valence-electron chi connectivity index (χ1n) is 12.6. The van der Waals surface area contributed by atoms with Crippen LogP contribution in [0.25, 0.3) is 22.1 Å². The smallest absolute Gasteiger partial charge is 0.229 e. The van der Waals surface area contributed by atoms with E-state index >= 15 is 0 Å². The molecule has 0 aliphatic carbocycles. The lowest BCUT2D eigenvalue weighted by molar-refractivity contribution is -0.277. The molecule has 40 heavy (non-hydrogen) atoms. The molecule has 4 rings (SSSR count). The monoisotopic (exact) mass is 562 g/mol. The Hall–Kier alpha value is -3.39. The van der Waals surface area contributed by atoms with Gasteiger partial charge in [0.15, 0.2) is 11.5 Å². The number of aromatic hydroxyl groups is 1. The van der Waals surface area contributed by atoms with Crippen molar-refractivity contribution in [2.75, 3.05) is 20.8 Å². The standard InChI is InChI=1S/C28H34O12/c1-28(2,35)8-7-14-18(39-27-25(34)24(33)23(32)20(11-29)40-27)10-16(30)21-22(31)15(12-38-26(14)21)13-5-6-17(36-3)19(9-13)37-4/h5-6,9-10,12,20,23-25,27,29-30,32-35H,7-8,11H2,1-4H3. The van der Waals surface area contributed by atoms with Crippen molar-refractivity contribution in [3.8, 4) is 34.1 Å². The van der Waals surface area contributed by atoms with E-state index in [1.54, 1.807) is 32.0 Å². The lowest BCUT2D eigenvalue weighted by Gasteiger charge is -2.39. The normalized spacial score (nSPS) is 23.3. The summed E-state index contributed by atoms with van der Waals surface area (Å²) in [5.74, 6) is 0.305. The Bertz CT molecular complexity index is 1410. The van der Waals surface area contributed by atoms with Gasteiger partial charge in [0.2, 0.25) is 11.7 Å². The summed E-state index contributed by atoms with van der Waals surface area (Å²) in [5.41, 5.74) is -0.812. The molecular formula is C28H34O12. The summed E-state index contributed by atoms with van der Waals surface area (Å²) in [4.78, 5) is 13.6. The molecule has 218 valence electrons. The number of benzene rings is 2. The molecule has 2 aromatic carbocycles. The van der Waals surface area contributed by atoms with Crippen molar-refractivity contribution in [3.05, 3.63) is 46.3 Å². The van der Waals surface area contributed by atoms with Crippen LogP contribution in [-0.4, -0.2) is 87.8 Å². The molecular weight excluding hydrogens is 528 g/mol. The molecule has 0 radical (unpaired) electrons. The second kappa shape index (κ2) is 11.6. The molecule has 1 saturated heterocycles. The van der Waals surface area contributed by atoms with Crippen molar-refractivity contribution >= 4 is 11.0 Å². The van der Waals surface area contributed by atoms with E-state index in [4.69, 9.17) is 23.4 Å². The maximum Gasteiger partial charge on any atom is 0.229 e. The molecule has 2 heterocycles. The van der Waals surface area contributed by atoms with Gasteiger partial charge in [0.25, 0.3) is 0 Å². The average molecular weight is 563 g/mol. The Labute approximate surface area is 229 Å².